The van der Waals surface area contributed by atoms with Gasteiger partial charge in [-0.3, -0.25) is 4.79 Å². The second-order valence-electron chi connectivity index (χ2n) is 8.11. The normalized spacial score (nSPS) is 13.6. The molecule has 1 aliphatic heterocycles. The van der Waals surface area contributed by atoms with Crippen molar-refractivity contribution in [1.82, 2.24) is 14.5 Å². The number of alkyl halides is 3. The van der Waals surface area contributed by atoms with Crippen molar-refractivity contribution in [2.24, 2.45) is 0 Å². The summed E-state index contributed by atoms with van der Waals surface area (Å²) in [5.41, 5.74) is 0.628. The third-order valence-corrected chi connectivity index (χ3v) is 5.90. The van der Waals surface area contributed by atoms with Crippen LogP contribution in [-0.4, -0.2) is 34.0 Å². The summed E-state index contributed by atoms with van der Waals surface area (Å²) in [6, 6.07) is 7.75. The summed E-state index contributed by atoms with van der Waals surface area (Å²) in [6.07, 6.45) is -4.56. The van der Waals surface area contributed by atoms with Crippen molar-refractivity contribution in [1.29, 1.82) is 0 Å². The zero-order valence-corrected chi connectivity index (χ0v) is 18.6. The Kier molecular flexibility index (Phi) is 6.77. The van der Waals surface area contributed by atoms with E-state index in [4.69, 9.17) is 4.74 Å². The Hall–Kier alpha value is -3.50. The number of para-hydroxylation sites is 1. The summed E-state index contributed by atoms with van der Waals surface area (Å²) >= 11 is 0. The SMILES string of the molecule is COc1ccccc1-c1nc(C(F)(F)F)n2c1CN(C(=O)CCCc1cc(F)c(F)cc1F)CC2. The number of fused-ring (bicyclic) bond motifs is 1. The molecule has 0 atom stereocenters. The number of amides is 1. The van der Waals surface area contributed by atoms with Crippen molar-refractivity contribution in [2.75, 3.05) is 13.7 Å². The van der Waals surface area contributed by atoms with E-state index in [1.54, 1.807) is 24.3 Å². The fraction of sp³-hybridized carbons (Fsp3) is 0.333. The molecule has 35 heavy (non-hydrogen) atoms. The first-order valence-electron chi connectivity index (χ1n) is 10.8. The van der Waals surface area contributed by atoms with Gasteiger partial charge >= 0.3 is 6.18 Å². The van der Waals surface area contributed by atoms with Crippen molar-refractivity contribution in [3.05, 3.63) is 70.9 Å². The van der Waals surface area contributed by atoms with Crippen LogP contribution in [0.3, 0.4) is 0 Å². The van der Waals surface area contributed by atoms with Crippen LogP contribution in [0.25, 0.3) is 11.3 Å². The Morgan fingerprint density at radius 3 is 2.49 bits per heavy atom. The average molecular weight is 497 g/mol. The number of methoxy groups -OCH3 is 1. The highest BCUT2D eigenvalue weighted by Gasteiger charge is 2.41. The lowest BCUT2D eigenvalue weighted by Gasteiger charge is -2.30. The lowest BCUT2D eigenvalue weighted by atomic mass is 10.1. The van der Waals surface area contributed by atoms with E-state index in [0.717, 1.165) is 10.6 Å². The molecule has 0 spiro atoms. The fourth-order valence-corrected chi connectivity index (χ4v) is 4.20. The van der Waals surface area contributed by atoms with E-state index >= 15 is 0 Å². The number of halogens is 6. The molecule has 5 nitrogen and oxygen atoms in total. The number of aryl methyl sites for hydroxylation is 1. The average Bonchev–Trinajstić information content (AvgIpc) is 3.21. The van der Waals surface area contributed by atoms with E-state index < -0.39 is 29.5 Å². The highest BCUT2D eigenvalue weighted by Crippen LogP contribution is 2.38. The summed E-state index contributed by atoms with van der Waals surface area (Å²) in [7, 11) is 1.40. The van der Waals surface area contributed by atoms with Crippen molar-refractivity contribution >= 4 is 5.91 Å². The molecule has 0 saturated heterocycles. The number of imidazole rings is 1. The lowest BCUT2D eigenvalue weighted by Crippen LogP contribution is -2.39. The van der Waals surface area contributed by atoms with Gasteiger partial charge in [0.1, 0.15) is 11.6 Å². The minimum atomic E-state index is -4.68. The summed E-state index contributed by atoms with van der Waals surface area (Å²) in [4.78, 5) is 18.1. The van der Waals surface area contributed by atoms with Crippen LogP contribution >= 0.6 is 0 Å². The maximum atomic E-state index is 13.8. The highest BCUT2D eigenvalue weighted by molar-refractivity contribution is 5.77. The molecule has 186 valence electrons. The van der Waals surface area contributed by atoms with Gasteiger partial charge in [0.15, 0.2) is 11.6 Å². The summed E-state index contributed by atoms with van der Waals surface area (Å²) in [5.74, 6) is -4.43. The molecule has 1 aliphatic rings. The Bertz CT molecular complexity index is 1250. The van der Waals surface area contributed by atoms with Crippen LogP contribution in [0.1, 0.15) is 29.9 Å². The number of aromatic nitrogens is 2. The van der Waals surface area contributed by atoms with Gasteiger partial charge in [0.05, 0.1) is 25.0 Å². The minimum absolute atomic E-state index is 0.00519. The monoisotopic (exact) mass is 497 g/mol. The van der Waals surface area contributed by atoms with Gasteiger partial charge in [-0.2, -0.15) is 13.2 Å². The largest absolute Gasteiger partial charge is 0.496 e. The number of benzene rings is 2. The number of nitrogens with zero attached hydrogens (tertiary/aromatic N) is 3. The van der Waals surface area contributed by atoms with E-state index in [2.05, 4.69) is 4.98 Å². The van der Waals surface area contributed by atoms with Crippen molar-refractivity contribution in [2.45, 2.75) is 38.5 Å². The Labute approximate surface area is 196 Å². The molecule has 11 heteroatoms. The molecule has 0 unspecified atom stereocenters. The zero-order chi connectivity index (χ0) is 25.3. The topological polar surface area (TPSA) is 47.4 Å². The standard InChI is InChI=1S/C24H21F6N3O2/c1-35-20-7-3-2-6-15(20)22-19-13-32(9-10-33(19)23(31-22)24(28,29)30)21(34)8-4-5-14-11-17(26)18(27)12-16(14)25/h2-3,6-7,11-12H,4-5,8-10,13H2,1H3. The van der Waals surface area contributed by atoms with Crippen LogP contribution in [0.15, 0.2) is 36.4 Å². The van der Waals surface area contributed by atoms with E-state index in [0.29, 0.717) is 17.4 Å². The van der Waals surface area contributed by atoms with Crippen molar-refractivity contribution in [3.63, 3.8) is 0 Å². The minimum Gasteiger partial charge on any atom is -0.496 e. The Balaban J connectivity index is 1.54. The van der Waals surface area contributed by atoms with Crippen LogP contribution in [-0.2, 0) is 30.5 Å². The van der Waals surface area contributed by atoms with Crippen LogP contribution < -0.4 is 4.74 Å². The number of rotatable bonds is 6. The first kappa shape index (κ1) is 24.6. The molecule has 2 heterocycles. The predicted octanol–water partition coefficient (Wildman–Crippen LogP) is 5.36. The Morgan fingerprint density at radius 2 is 1.77 bits per heavy atom. The van der Waals surface area contributed by atoms with Crippen LogP contribution in [0.5, 0.6) is 5.75 Å². The number of hydrogen-bond acceptors (Lipinski definition) is 3. The first-order valence-corrected chi connectivity index (χ1v) is 10.8. The van der Waals surface area contributed by atoms with Gasteiger partial charge in [-0.05, 0) is 36.6 Å². The molecule has 0 saturated carbocycles. The molecule has 2 aromatic carbocycles. The highest BCUT2D eigenvalue weighted by atomic mass is 19.4. The predicted molar refractivity (Wildman–Crippen MR) is 114 cm³/mol. The third-order valence-electron chi connectivity index (χ3n) is 5.90. The van der Waals surface area contributed by atoms with Gasteiger partial charge in [-0.1, -0.05) is 12.1 Å². The van der Waals surface area contributed by atoms with Gasteiger partial charge in [0, 0.05) is 31.1 Å². The van der Waals surface area contributed by atoms with Crippen molar-refractivity contribution in [3.8, 4) is 17.0 Å². The summed E-state index contributed by atoms with van der Waals surface area (Å²) in [6.45, 7) is -0.166. The molecule has 0 aliphatic carbocycles. The number of carbonyl (C=O) groups is 1. The maximum Gasteiger partial charge on any atom is 0.449 e. The fourth-order valence-electron chi connectivity index (χ4n) is 4.20. The maximum absolute atomic E-state index is 13.8. The second kappa shape index (κ2) is 9.63. The summed E-state index contributed by atoms with van der Waals surface area (Å²) in [5, 5.41) is 0. The van der Waals surface area contributed by atoms with Crippen molar-refractivity contribution < 1.29 is 35.9 Å². The molecule has 0 radical (unpaired) electrons. The number of ether oxygens (including phenoxy) is 1. The van der Waals surface area contributed by atoms with Gasteiger partial charge < -0.3 is 14.2 Å². The van der Waals surface area contributed by atoms with E-state index in [1.807, 2.05) is 0 Å². The quantitative estimate of drug-likeness (QED) is 0.340. The number of carbonyl (C=O) groups excluding carboxylic acids is 1. The molecule has 1 amide bonds. The van der Waals surface area contributed by atoms with Gasteiger partial charge in [0.2, 0.25) is 11.7 Å². The van der Waals surface area contributed by atoms with E-state index in [1.165, 1.54) is 12.0 Å². The van der Waals surface area contributed by atoms with E-state index in [9.17, 15) is 31.1 Å². The molecule has 0 fully saturated rings. The third kappa shape index (κ3) is 4.98. The molecule has 1 aromatic heterocycles. The van der Waals surface area contributed by atoms with Crippen LogP contribution in [0, 0.1) is 17.5 Å². The molecular weight excluding hydrogens is 476 g/mol. The molecule has 3 aromatic rings. The Morgan fingerprint density at radius 1 is 1.06 bits per heavy atom. The van der Waals surface area contributed by atoms with Crippen LogP contribution in [0.4, 0.5) is 26.3 Å². The van der Waals surface area contributed by atoms with E-state index in [-0.39, 0.29) is 61.8 Å². The second-order valence-corrected chi connectivity index (χ2v) is 8.11. The molecule has 4 rings (SSSR count). The molecule has 0 N–H and O–H groups in total. The molecule has 0 bridgehead atoms. The van der Waals surface area contributed by atoms with Gasteiger partial charge in [0.25, 0.3) is 0 Å². The summed E-state index contributed by atoms with van der Waals surface area (Å²) < 4.78 is 87.7. The van der Waals surface area contributed by atoms with Gasteiger partial charge in [-0.15, -0.1) is 0 Å². The first-order chi connectivity index (χ1) is 16.6. The van der Waals surface area contributed by atoms with Gasteiger partial charge in [-0.25, -0.2) is 18.2 Å². The smallest absolute Gasteiger partial charge is 0.449 e. The lowest BCUT2D eigenvalue weighted by molar-refractivity contribution is -0.148. The number of hydrogen-bond donors (Lipinski definition) is 0. The zero-order valence-electron chi connectivity index (χ0n) is 18.6. The molecular formula is C24H21F6N3O2. The van der Waals surface area contributed by atoms with Crippen LogP contribution in [0.2, 0.25) is 0 Å².